The summed E-state index contributed by atoms with van der Waals surface area (Å²) < 4.78 is 13.6. The number of amides is 1. The van der Waals surface area contributed by atoms with Gasteiger partial charge in [0.05, 0.1) is 11.6 Å². The summed E-state index contributed by atoms with van der Waals surface area (Å²) in [7, 11) is 0. The number of anilines is 1. The number of hydrogen-bond acceptors (Lipinski definition) is 4. The normalized spacial score (nSPS) is 11.6. The zero-order valence-corrected chi connectivity index (χ0v) is 15.0. The molecule has 0 aliphatic carbocycles. The highest BCUT2D eigenvalue weighted by Gasteiger charge is 2.10. The van der Waals surface area contributed by atoms with E-state index >= 15 is 0 Å². The predicted octanol–water partition coefficient (Wildman–Crippen LogP) is 3.76. The lowest BCUT2D eigenvalue weighted by atomic mass is 10.1. The largest absolute Gasteiger partial charge is 0.352 e. The van der Waals surface area contributed by atoms with Gasteiger partial charge in [0.25, 0.3) is 5.91 Å². The number of halogens is 1. The molecule has 3 rings (SSSR count). The third-order valence-corrected chi connectivity index (χ3v) is 4.20. The summed E-state index contributed by atoms with van der Waals surface area (Å²) >= 11 is 0. The molecule has 1 heterocycles. The molecule has 0 spiro atoms. The Hall–Kier alpha value is -3.28. The molecular formula is C21H21FN4O. The van der Waals surface area contributed by atoms with Crippen molar-refractivity contribution in [3.63, 3.8) is 0 Å². The maximum atomic E-state index is 13.6. The standard InChI is InChI=1S/C21H21FN4O/c1-15(16-7-3-2-4-8-16)26-21-24-13-18(14-25-21)20(27)23-12-11-17-9-5-6-10-19(17)22/h2-10,13-15H,11-12H2,1H3,(H,23,27)(H,24,25,26). The molecule has 1 unspecified atom stereocenters. The third-order valence-electron chi connectivity index (χ3n) is 4.20. The summed E-state index contributed by atoms with van der Waals surface area (Å²) in [5.74, 6) is -0.0960. The van der Waals surface area contributed by atoms with Gasteiger partial charge in [0.15, 0.2) is 0 Å². The average Bonchev–Trinajstić information content (AvgIpc) is 2.70. The zero-order valence-electron chi connectivity index (χ0n) is 15.0. The van der Waals surface area contributed by atoms with Crippen molar-refractivity contribution in [2.75, 3.05) is 11.9 Å². The van der Waals surface area contributed by atoms with Crippen molar-refractivity contribution in [1.29, 1.82) is 0 Å². The van der Waals surface area contributed by atoms with Crippen LogP contribution in [0.1, 0.15) is 34.5 Å². The van der Waals surface area contributed by atoms with E-state index in [4.69, 9.17) is 0 Å². The number of carbonyl (C=O) groups excluding carboxylic acids is 1. The first-order valence-corrected chi connectivity index (χ1v) is 8.78. The summed E-state index contributed by atoms with van der Waals surface area (Å²) in [5.41, 5.74) is 2.06. The molecule has 1 aromatic heterocycles. The van der Waals surface area contributed by atoms with Gasteiger partial charge >= 0.3 is 0 Å². The zero-order chi connectivity index (χ0) is 19.1. The monoisotopic (exact) mass is 364 g/mol. The van der Waals surface area contributed by atoms with E-state index in [0.29, 0.717) is 30.0 Å². The number of rotatable bonds is 7. The van der Waals surface area contributed by atoms with Gasteiger partial charge in [-0.15, -0.1) is 0 Å². The molecule has 138 valence electrons. The minimum atomic E-state index is -0.283. The molecule has 1 atom stereocenters. The number of aromatic nitrogens is 2. The van der Waals surface area contributed by atoms with E-state index in [1.807, 2.05) is 37.3 Å². The lowest BCUT2D eigenvalue weighted by molar-refractivity contribution is 0.0953. The highest BCUT2D eigenvalue weighted by Crippen LogP contribution is 2.16. The van der Waals surface area contributed by atoms with Crippen LogP contribution in [0.2, 0.25) is 0 Å². The van der Waals surface area contributed by atoms with Crippen LogP contribution in [0.15, 0.2) is 67.0 Å². The maximum Gasteiger partial charge on any atom is 0.254 e. The highest BCUT2D eigenvalue weighted by molar-refractivity contribution is 5.93. The minimum Gasteiger partial charge on any atom is -0.352 e. The van der Waals surface area contributed by atoms with Gasteiger partial charge in [-0.05, 0) is 30.5 Å². The van der Waals surface area contributed by atoms with E-state index in [0.717, 1.165) is 5.56 Å². The van der Waals surface area contributed by atoms with Crippen molar-refractivity contribution in [1.82, 2.24) is 15.3 Å². The van der Waals surface area contributed by atoms with Gasteiger partial charge < -0.3 is 10.6 Å². The van der Waals surface area contributed by atoms with Crippen molar-refractivity contribution >= 4 is 11.9 Å². The van der Waals surface area contributed by atoms with Crippen LogP contribution < -0.4 is 10.6 Å². The predicted molar refractivity (Wildman–Crippen MR) is 103 cm³/mol. The van der Waals surface area contributed by atoms with E-state index in [1.165, 1.54) is 18.5 Å². The van der Waals surface area contributed by atoms with Gasteiger partial charge in [0.1, 0.15) is 5.82 Å². The second-order valence-electron chi connectivity index (χ2n) is 6.17. The van der Waals surface area contributed by atoms with Crippen LogP contribution in [0.5, 0.6) is 0 Å². The fourth-order valence-electron chi connectivity index (χ4n) is 2.65. The SMILES string of the molecule is CC(Nc1ncc(C(=O)NCCc2ccccc2F)cn1)c1ccccc1. The molecule has 2 aromatic carbocycles. The van der Waals surface area contributed by atoms with E-state index in [2.05, 4.69) is 20.6 Å². The molecule has 0 fully saturated rings. The first-order valence-electron chi connectivity index (χ1n) is 8.78. The second kappa shape index (κ2) is 8.89. The summed E-state index contributed by atoms with van der Waals surface area (Å²) in [6.45, 7) is 2.35. The van der Waals surface area contributed by atoms with Crippen LogP contribution in [-0.4, -0.2) is 22.4 Å². The molecule has 0 radical (unpaired) electrons. The Morgan fingerprint density at radius 2 is 1.70 bits per heavy atom. The molecule has 0 saturated carbocycles. The van der Waals surface area contributed by atoms with Gasteiger partial charge in [-0.2, -0.15) is 0 Å². The Labute approximate surface area is 157 Å². The Morgan fingerprint density at radius 1 is 1.04 bits per heavy atom. The number of nitrogens with one attached hydrogen (secondary N) is 2. The molecule has 0 bridgehead atoms. The molecule has 27 heavy (non-hydrogen) atoms. The smallest absolute Gasteiger partial charge is 0.254 e. The highest BCUT2D eigenvalue weighted by atomic mass is 19.1. The maximum absolute atomic E-state index is 13.6. The molecule has 3 aromatic rings. The summed E-state index contributed by atoms with van der Waals surface area (Å²) in [6, 6.07) is 16.5. The van der Waals surface area contributed by atoms with Gasteiger partial charge in [-0.1, -0.05) is 48.5 Å². The van der Waals surface area contributed by atoms with Gasteiger partial charge in [0.2, 0.25) is 5.95 Å². The average molecular weight is 364 g/mol. The second-order valence-corrected chi connectivity index (χ2v) is 6.17. The van der Waals surface area contributed by atoms with Gasteiger partial charge in [0, 0.05) is 18.9 Å². The third kappa shape index (κ3) is 5.10. The van der Waals surface area contributed by atoms with Crippen LogP contribution in [-0.2, 0) is 6.42 Å². The van der Waals surface area contributed by atoms with Crippen molar-refractivity contribution < 1.29 is 9.18 Å². The van der Waals surface area contributed by atoms with Gasteiger partial charge in [-0.25, -0.2) is 14.4 Å². The number of hydrogen-bond donors (Lipinski definition) is 2. The van der Waals surface area contributed by atoms with Crippen LogP contribution in [0, 0.1) is 5.82 Å². The first-order chi connectivity index (χ1) is 13.1. The van der Waals surface area contributed by atoms with Crippen molar-refractivity contribution in [2.45, 2.75) is 19.4 Å². The minimum absolute atomic E-state index is 0.0478. The van der Waals surface area contributed by atoms with Crippen LogP contribution >= 0.6 is 0 Å². The quantitative estimate of drug-likeness (QED) is 0.670. The molecule has 2 N–H and O–H groups in total. The summed E-state index contributed by atoms with van der Waals surface area (Å²) in [6.07, 6.45) is 3.38. The van der Waals surface area contributed by atoms with Crippen LogP contribution in [0.25, 0.3) is 0 Å². The number of benzene rings is 2. The topological polar surface area (TPSA) is 66.9 Å². The van der Waals surface area contributed by atoms with Crippen molar-refractivity contribution in [3.05, 3.63) is 89.5 Å². The first kappa shape index (κ1) is 18.5. The summed E-state index contributed by atoms with van der Waals surface area (Å²) in [4.78, 5) is 20.6. The van der Waals surface area contributed by atoms with Gasteiger partial charge in [-0.3, -0.25) is 4.79 Å². The Balaban J connectivity index is 1.52. The van der Waals surface area contributed by atoms with Crippen molar-refractivity contribution in [2.24, 2.45) is 0 Å². The fraction of sp³-hybridized carbons (Fsp3) is 0.190. The van der Waals surface area contributed by atoms with E-state index in [1.54, 1.807) is 18.2 Å². The molecule has 0 aliphatic heterocycles. The van der Waals surface area contributed by atoms with E-state index < -0.39 is 0 Å². The van der Waals surface area contributed by atoms with Crippen molar-refractivity contribution in [3.8, 4) is 0 Å². The molecular weight excluding hydrogens is 343 g/mol. The number of carbonyl (C=O) groups is 1. The van der Waals surface area contributed by atoms with E-state index in [-0.39, 0.29) is 17.8 Å². The Bertz CT molecular complexity index is 884. The van der Waals surface area contributed by atoms with Crippen LogP contribution in [0.4, 0.5) is 10.3 Å². The number of nitrogens with zero attached hydrogens (tertiary/aromatic N) is 2. The lowest BCUT2D eigenvalue weighted by Gasteiger charge is -2.14. The van der Waals surface area contributed by atoms with E-state index in [9.17, 15) is 9.18 Å². The molecule has 6 heteroatoms. The molecule has 5 nitrogen and oxygen atoms in total. The Kier molecular flexibility index (Phi) is 6.10. The molecule has 0 aliphatic rings. The lowest BCUT2D eigenvalue weighted by Crippen LogP contribution is -2.26. The Morgan fingerprint density at radius 3 is 2.41 bits per heavy atom. The summed E-state index contributed by atoms with van der Waals surface area (Å²) in [5, 5.41) is 5.95. The fourth-order valence-corrected chi connectivity index (χ4v) is 2.65. The molecule has 1 amide bonds. The van der Waals surface area contributed by atoms with Crippen LogP contribution in [0.3, 0.4) is 0 Å². The molecule has 0 saturated heterocycles.